The maximum absolute atomic E-state index is 13.0. The van der Waals surface area contributed by atoms with Crippen LogP contribution in [0.15, 0.2) is 23.1 Å². The van der Waals surface area contributed by atoms with Crippen LogP contribution in [0.25, 0.3) is 0 Å². The molecule has 8 nitrogen and oxygen atoms in total. The number of rotatable bonds is 9. The Bertz CT molecular complexity index is 818. The molecule has 0 saturated carbocycles. The minimum absolute atomic E-state index is 0.166. The van der Waals surface area contributed by atoms with Crippen molar-refractivity contribution in [2.45, 2.75) is 50.0 Å². The third-order valence-electron chi connectivity index (χ3n) is 5.43. The molecule has 0 aliphatic carbocycles. The highest BCUT2D eigenvalue weighted by molar-refractivity contribution is 7.89. The van der Waals surface area contributed by atoms with Gasteiger partial charge in [-0.25, -0.2) is 8.42 Å². The Kier molecular flexibility index (Phi) is 8.10. The summed E-state index contributed by atoms with van der Waals surface area (Å²) in [5.74, 6) is 0.245. The molecular weight excluding hydrogens is 406 g/mol. The van der Waals surface area contributed by atoms with E-state index < -0.39 is 10.0 Å². The Morgan fingerprint density at radius 1 is 1.27 bits per heavy atom. The number of hydrogen-bond acceptors (Lipinski definition) is 6. The lowest BCUT2D eigenvalue weighted by molar-refractivity contribution is -0.117. The molecule has 0 bridgehead atoms. The van der Waals surface area contributed by atoms with Crippen molar-refractivity contribution < 1.29 is 22.7 Å². The van der Waals surface area contributed by atoms with Crippen molar-refractivity contribution in [2.75, 3.05) is 51.8 Å². The summed E-state index contributed by atoms with van der Waals surface area (Å²) in [5, 5.41) is 2.84. The van der Waals surface area contributed by atoms with Gasteiger partial charge in [0.15, 0.2) is 0 Å². The van der Waals surface area contributed by atoms with E-state index in [4.69, 9.17) is 9.47 Å². The molecule has 9 heteroatoms. The second-order valence-corrected chi connectivity index (χ2v) is 9.87. The highest BCUT2D eigenvalue weighted by Crippen LogP contribution is 2.30. The third kappa shape index (κ3) is 5.94. The summed E-state index contributed by atoms with van der Waals surface area (Å²) in [6.07, 6.45) is 5.03. The van der Waals surface area contributed by atoms with Gasteiger partial charge in [0, 0.05) is 26.2 Å². The third-order valence-corrected chi connectivity index (χ3v) is 7.33. The fraction of sp³-hybridized carbons (Fsp3) is 0.667. The van der Waals surface area contributed by atoms with Gasteiger partial charge < -0.3 is 14.8 Å². The van der Waals surface area contributed by atoms with Crippen molar-refractivity contribution in [1.29, 1.82) is 0 Å². The first kappa shape index (κ1) is 23.0. The average Bonchev–Trinajstić information content (AvgIpc) is 3.22. The minimum atomic E-state index is -3.59. The molecule has 0 spiro atoms. The Morgan fingerprint density at radius 3 is 2.70 bits per heavy atom. The number of amides is 1. The largest absolute Gasteiger partial charge is 0.492 e. The van der Waals surface area contributed by atoms with Crippen molar-refractivity contribution >= 4 is 21.6 Å². The van der Waals surface area contributed by atoms with Gasteiger partial charge in [0.05, 0.1) is 29.8 Å². The molecule has 2 fully saturated rings. The number of hydrogen-bond donors (Lipinski definition) is 1. The van der Waals surface area contributed by atoms with E-state index in [0.717, 1.165) is 38.7 Å². The van der Waals surface area contributed by atoms with E-state index in [1.807, 2.05) is 18.9 Å². The second-order valence-electron chi connectivity index (χ2n) is 7.94. The van der Waals surface area contributed by atoms with Crippen LogP contribution in [-0.2, 0) is 19.6 Å². The molecule has 1 N–H and O–H groups in total. The van der Waals surface area contributed by atoms with Crippen molar-refractivity contribution in [3.05, 3.63) is 18.2 Å². The molecule has 168 valence electrons. The molecule has 0 radical (unpaired) electrons. The van der Waals surface area contributed by atoms with Crippen LogP contribution in [0.1, 0.15) is 39.0 Å². The highest BCUT2D eigenvalue weighted by Gasteiger charge is 2.27. The molecular formula is C21H33N3O5S. The highest BCUT2D eigenvalue weighted by atomic mass is 32.2. The van der Waals surface area contributed by atoms with E-state index in [9.17, 15) is 13.2 Å². The lowest BCUT2D eigenvalue weighted by Gasteiger charge is -2.26. The zero-order chi connectivity index (χ0) is 21.6. The van der Waals surface area contributed by atoms with Gasteiger partial charge >= 0.3 is 0 Å². The Balaban J connectivity index is 1.71. The van der Waals surface area contributed by atoms with Gasteiger partial charge in [-0.3, -0.25) is 9.69 Å². The molecule has 0 aromatic heterocycles. The molecule has 1 atom stereocenters. The molecule has 30 heavy (non-hydrogen) atoms. The number of carbonyl (C=O) groups excluding carboxylic acids is 1. The van der Waals surface area contributed by atoms with Gasteiger partial charge in [0.1, 0.15) is 5.75 Å². The quantitative estimate of drug-likeness (QED) is 0.635. The van der Waals surface area contributed by atoms with E-state index in [1.165, 1.54) is 10.4 Å². The Morgan fingerprint density at radius 2 is 2.03 bits per heavy atom. The summed E-state index contributed by atoms with van der Waals surface area (Å²) in [6.45, 7) is 4.99. The number of nitrogens with one attached hydrogen (secondary N) is 1. The van der Waals surface area contributed by atoms with Gasteiger partial charge in [0.2, 0.25) is 15.9 Å². The lowest BCUT2D eigenvalue weighted by Crippen LogP contribution is -2.36. The van der Waals surface area contributed by atoms with Gasteiger partial charge in [-0.1, -0.05) is 6.42 Å². The van der Waals surface area contributed by atoms with Gasteiger partial charge in [0.25, 0.3) is 0 Å². The van der Waals surface area contributed by atoms with Crippen molar-refractivity contribution in [2.24, 2.45) is 0 Å². The zero-order valence-electron chi connectivity index (χ0n) is 17.9. The molecule has 1 unspecified atom stereocenters. The van der Waals surface area contributed by atoms with Crippen LogP contribution in [0.5, 0.6) is 5.75 Å². The molecule has 3 rings (SSSR count). The van der Waals surface area contributed by atoms with Gasteiger partial charge in [-0.05, 0) is 57.9 Å². The monoisotopic (exact) mass is 439 g/mol. The molecule has 1 aromatic carbocycles. The fourth-order valence-corrected chi connectivity index (χ4v) is 5.48. The molecule has 2 saturated heterocycles. The van der Waals surface area contributed by atoms with Crippen LogP contribution in [0, 0.1) is 0 Å². The summed E-state index contributed by atoms with van der Waals surface area (Å²) in [6, 6.07) is 4.67. The first-order chi connectivity index (χ1) is 14.4. The Labute approximate surface area is 179 Å². The van der Waals surface area contributed by atoms with Crippen molar-refractivity contribution in [1.82, 2.24) is 9.21 Å². The molecule has 2 aliphatic rings. The minimum Gasteiger partial charge on any atom is -0.492 e. The van der Waals surface area contributed by atoms with E-state index in [1.54, 1.807) is 12.1 Å². The van der Waals surface area contributed by atoms with Gasteiger partial charge in [-0.2, -0.15) is 4.31 Å². The van der Waals surface area contributed by atoms with Gasteiger partial charge in [-0.15, -0.1) is 0 Å². The second kappa shape index (κ2) is 10.6. The van der Waals surface area contributed by atoms with Crippen LogP contribution in [0.2, 0.25) is 0 Å². The smallest absolute Gasteiger partial charge is 0.243 e. The number of sulfonamides is 1. The number of likely N-dealkylation sites (N-methyl/N-ethyl adjacent to an activating group) is 1. The first-order valence-corrected chi connectivity index (χ1v) is 12.2. The SMILES string of the molecule is CCOc1ccc(S(=O)(=O)N2CCCCC2)cc1NC(=O)CN(C)CC1CCCO1. The number of benzene rings is 1. The lowest BCUT2D eigenvalue weighted by atomic mass is 10.2. The number of anilines is 1. The molecule has 2 aliphatic heterocycles. The van der Waals surface area contributed by atoms with Crippen molar-refractivity contribution in [3.8, 4) is 5.75 Å². The summed E-state index contributed by atoms with van der Waals surface area (Å²) in [4.78, 5) is 14.7. The average molecular weight is 440 g/mol. The van der Waals surface area contributed by atoms with Crippen LogP contribution in [0.3, 0.4) is 0 Å². The van der Waals surface area contributed by atoms with E-state index in [0.29, 0.717) is 37.7 Å². The topological polar surface area (TPSA) is 88.2 Å². The molecule has 1 aromatic rings. The maximum Gasteiger partial charge on any atom is 0.243 e. The normalized spacial score (nSPS) is 20.4. The van der Waals surface area contributed by atoms with Crippen LogP contribution in [0.4, 0.5) is 5.69 Å². The summed E-state index contributed by atoms with van der Waals surface area (Å²) >= 11 is 0. The van der Waals surface area contributed by atoms with E-state index in [2.05, 4.69) is 5.32 Å². The molecule has 1 amide bonds. The number of nitrogens with zero attached hydrogens (tertiary/aromatic N) is 2. The molecule has 2 heterocycles. The predicted octanol–water partition coefficient (Wildman–Crippen LogP) is 2.31. The Hall–Kier alpha value is -1.68. The summed E-state index contributed by atoms with van der Waals surface area (Å²) in [7, 11) is -1.71. The summed E-state index contributed by atoms with van der Waals surface area (Å²) in [5.41, 5.74) is 0.380. The number of carbonyl (C=O) groups is 1. The number of piperidine rings is 1. The van der Waals surface area contributed by atoms with Crippen molar-refractivity contribution in [3.63, 3.8) is 0 Å². The number of ether oxygens (including phenoxy) is 2. The van der Waals surface area contributed by atoms with Crippen LogP contribution < -0.4 is 10.1 Å². The predicted molar refractivity (Wildman–Crippen MR) is 115 cm³/mol. The van der Waals surface area contributed by atoms with E-state index in [-0.39, 0.29) is 23.5 Å². The maximum atomic E-state index is 13.0. The zero-order valence-corrected chi connectivity index (χ0v) is 18.7. The van der Waals surface area contributed by atoms with Crippen LogP contribution >= 0.6 is 0 Å². The fourth-order valence-electron chi connectivity index (χ4n) is 3.94. The standard InChI is InChI=1S/C21H33N3O5S/c1-3-28-20-10-9-18(30(26,27)24-11-5-4-6-12-24)14-19(20)22-21(25)16-23(2)15-17-8-7-13-29-17/h9-10,14,17H,3-8,11-13,15-16H2,1-2H3,(H,22,25). The van der Waals surface area contributed by atoms with E-state index >= 15 is 0 Å². The van der Waals surface area contributed by atoms with Crippen LogP contribution in [-0.4, -0.2) is 76.1 Å². The first-order valence-electron chi connectivity index (χ1n) is 10.8. The summed E-state index contributed by atoms with van der Waals surface area (Å²) < 4.78 is 38.8.